The molecule has 0 aromatic heterocycles. The maximum Gasteiger partial charge on any atom is 0.161 e. The summed E-state index contributed by atoms with van der Waals surface area (Å²) in [5.41, 5.74) is 6.02. The summed E-state index contributed by atoms with van der Waals surface area (Å²) >= 11 is 0. The SMILES string of the molecule is NC(Cc1c(F)cccc1F)C1COc2ccccc2O1. The Hall–Kier alpha value is -2.14. The lowest BCUT2D eigenvalue weighted by atomic mass is 10.0. The molecule has 1 aliphatic heterocycles. The van der Waals surface area contributed by atoms with Crippen LogP contribution in [-0.2, 0) is 6.42 Å². The monoisotopic (exact) mass is 291 g/mol. The van der Waals surface area contributed by atoms with E-state index >= 15 is 0 Å². The minimum absolute atomic E-state index is 0.0209. The van der Waals surface area contributed by atoms with E-state index in [-0.39, 0.29) is 18.6 Å². The van der Waals surface area contributed by atoms with Gasteiger partial charge in [-0.15, -0.1) is 0 Å². The summed E-state index contributed by atoms with van der Waals surface area (Å²) in [4.78, 5) is 0. The second-order valence-corrected chi connectivity index (χ2v) is 4.98. The molecular weight excluding hydrogens is 276 g/mol. The van der Waals surface area contributed by atoms with Gasteiger partial charge in [0.05, 0.1) is 0 Å². The van der Waals surface area contributed by atoms with Crippen molar-refractivity contribution < 1.29 is 18.3 Å². The van der Waals surface area contributed by atoms with E-state index in [1.54, 1.807) is 12.1 Å². The molecule has 0 spiro atoms. The number of ether oxygens (including phenoxy) is 2. The van der Waals surface area contributed by atoms with Crippen LogP contribution in [0.1, 0.15) is 5.56 Å². The first-order valence-corrected chi connectivity index (χ1v) is 6.72. The summed E-state index contributed by atoms with van der Waals surface area (Å²) in [6.07, 6.45) is -0.395. The Balaban J connectivity index is 1.74. The molecule has 0 saturated heterocycles. The van der Waals surface area contributed by atoms with Gasteiger partial charge in [-0.2, -0.15) is 0 Å². The van der Waals surface area contributed by atoms with Crippen molar-refractivity contribution >= 4 is 0 Å². The van der Waals surface area contributed by atoms with Gasteiger partial charge >= 0.3 is 0 Å². The lowest BCUT2D eigenvalue weighted by molar-refractivity contribution is 0.0718. The standard InChI is InChI=1S/C16H15F2NO2/c17-11-4-3-5-12(18)10(11)8-13(19)16-9-20-14-6-1-2-7-15(14)21-16/h1-7,13,16H,8-9,19H2. The Morgan fingerprint density at radius 3 is 2.43 bits per heavy atom. The minimum atomic E-state index is -0.595. The van der Waals surface area contributed by atoms with Crippen LogP contribution in [0.25, 0.3) is 0 Å². The third-order valence-corrected chi connectivity index (χ3v) is 3.51. The van der Waals surface area contributed by atoms with E-state index in [0.29, 0.717) is 11.5 Å². The molecule has 0 saturated carbocycles. The van der Waals surface area contributed by atoms with Crippen LogP contribution in [0.5, 0.6) is 11.5 Å². The molecule has 2 unspecified atom stereocenters. The first kappa shape index (κ1) is 13.8. The predicted octanol–water partition coefficient (Wildman–Crippen LogP) is 2.67. The Bertz CT molecular complexity index is 628. The molecule has 2 aromatic rings. The van der Waals surface area contributed by atoms with Crippen LogP contribution < -0.4 is 15.2 Å². The molecule has 2 N–H and O–H groups in total. The lowest BCUT2D eigenvalue weighted by Crippen LogP contribution is -2.46. The molecule has 2 aromatic carbocycles. The van der Waals surface area contributed by atoms with E-state index in [4.69, 9.17) is 15.2 Å². The van der Waals surface area contributed by atoms with Crippen LogP contribution in [0.2, 0.25) is 0 Å². The predicted molar refractivity (Wildman–Crippen MR) is 74.4 cm³/mol. The van der Waals surface area contributed by atoms with Crippen molar-refractivity contribution in [1.29, 1.82) is 0 Å². The number of fused-ring (bicyclic) bond motifs is 1. The summed E-state index contributed by atoms with van der Waals surface area (Å²) in [7, 11) is 0. The van der Waals surface area contributed by atoms with Crippen LogP contribution in [0.15, 0.2) is 42.5 Å². The van der Waals surface area contributed by atoms with Crippen molar-refractivity contribution in [2.75, 3.05) is 6.61 Å². The average Bonchev–Trinajstić information content (AvgIpc) is 2.50. The van der Waals surface area contributed by atoms with Crippen molar-refractivity contribution in [3.63, 3.8) is 0 Å². The van der Waals surface area contributed by atoms with E-state index < -0.39 is 23.8 Å². The largest absolute Gasteiger partial charge is 0.486 e. The third-order valence-electron chi connectivity index (χ3n) is 3.51. The molecule has 21 heavy (non-hydrogen) atoms. The lowest BCUT2D eigenvalue weighted by Gasteiger charge is -2.30. The average molecular weight is 291 g/mol. The molecule has 0 aliphatic carbocycles. The van der Waals surface area contributed by atoms with Gasteiger partial charge in [0.2, 0.25) is 0 Å². The van der Waals surface area contributed by atoms with Crippen molar-refractivity contribution in [2.24, 2.45) is 5.73 Å². The van der Waals surface area contributed by atoms with E-state index in [1.807, 2.05) is 12.1 Å². The van der Waals surface area contributed by atoms with Crippen molar-refractivity contribution in [3.05, 3.63) is 59.7 Å². The highest BCUT2D eigenvalue weighted by Crippen LogP contribution is 2.31. The Morgan fingerprint density at radius 1 is 1.05 bits per heavy atom. The molecule has 3 rings (SSSR count). The molecule has 0 radical (unpaired) electrons. The maximum absolute atomic E-state index is 13.6. The second kappa shape index (κ2) is 5.69. The molecule has 2 atom stereocenters. The number of hydrogen-bond donors (Lipinski definition) is 1. The Labute approximate surface area is 121 Å². The number of hydrogen-bond acceptors (Lipinski definition) is 3. The van der Waals surface area contributed by atoms with E-state index in [9.17, 15) is 8.78 Å². The van der Waals surface area contributed by atoms with Gasteiger partial charge < -0.3 is 15.2 Å². The molecule has 0 bridgehead atoms. The van der Waals surface area contributed by atoms with Crippen LogP contribution >= 0.6 is 0 Å². The normalized spacial score (nSPS) is 18.3. The van der Waals surface area contributed by atoms with E-state index in [1.165, 1.54) is 18.2 Å². The Kier molecular flexibility index (Phi) is 3.75. The van der Waals surface area contributed by atoms with Crippen molar-refractivity contribution in [3.8, 4) is 11.5 Å². The highest BCUT2D eigenvalue weighted by molar-refractivity contribution is 5.40. The first-order chi connectivity index (χ1) is 10.1. The van der Waals surface area contributed by atoms with Crippen LogP contribution in [0, 0.1) is 11.6 Å². The Morgan fingerprint density at radius 2 is 1.71 bits per heavy atom. The zero-order valence-corrected chi connectivity index (χ0v) is 11.3. The number of nitrogens with two attached hydrogens (primary N) is 1. The van der Waals surface area contributed by atoms with Crippen LogP contribution in [0.4, 0.5) is 8.78 Å². The van der Waals surface area contributed by atoms with Gasteiger partial charge in [-0.3, -0.25) is 0 Å². The summed E-state index contributed by atoms with van der Waals surface area (Å²) in [6.45, 7) is 0.258. The maximum atomic E-state index is 13.6. The minimum Gasteiger partial charge on any atom is -0.486 e. The molecule has 3 nitrogen and oxygen atoms in total. The van der Waals surface area contributed by atoms with Gasteiger partial charge in [0, 0.05) is 11.6 Å². The number of halogens is 2. The topological polar surface area (TPSA) is 44.5 Å². The summed E-state index contributed by atoms with van der Waals surface area (Å²) in [5, 5.41) is 0. The zero-order chi connectivity index (χ0) is 14.8. The molecule has 5 heteroatoms. The van der Waals surface area contributed by atoms with Gasteiger partial charge in [0.15, 0.2) is 11.5 Å². The quantitative estimate of drug-likeness (QED) is 0.945. The summed E-state index contributed by atoms with van der Waals surface area (Å²) in [6, 6.07) is 10.5. The summed E-state index contributed by atoms with van der Waals surface area (Å²) in [5.74, 6) is 0.0568. The smallest absolute Gasteiger partial charge is 0.161 e. The fourth-order valence-electron chi connectivity index (χ4n) is 2.34. The summed E-state index contributed by atoms with van der Waals surface area (Å²) < 4.78 is 38.6. The highest BCUT2D eigenvalue weighted by atomic mass is 19.1. The molecule has 1 heterocycles. The van der Waals surface area contributed by atoms with Gasteiger partial charge in [0.1, 0.15) is 24.3 Å². The van der Waals surface area contributed by atoms with Crippen LogP contribution in [-0.4, -0.2) is 18.8 Å². The number of para-hydroxylation sites is 2. The van der Waals surface area contributed by atoms with Gasteiger partial charge in [-0.05, 0) is 30.7 Å². The number of benzene rings is 2. The van der Waals surface area contributed by atoms with Gasteiger partial charge in [0.25, 0.3) is 0 Å². The molecule has 110 valence electrons. The van der Waals surface area contributed by atoms with Crippen molar-refractivity contribution in [2.45, 2.75) is 18.6 Å². The van der Waals surface area contributed by atoms with Crippen molar-refractivity contribution in [1.82, 2.24) is 0 Å². The number of rotatable bonds is 3. The second-order valence-electron chi connectivity index (χ2n) is 4.98. The van der Waals surface area contributed by atoms with Gasteiger partial charge in [-0.25, -0.2) is 8.78 Å². The first-order valence-electron chi connectivity index (χ1n) is 6.72. The third kappa shape index (κ3) is 2.83. The van der Waals surface area contributed by atoms with E-state index in [2.05, 4.69) is 0 Å². The highest BCUT2D eigenvalue weighted by Gasteiger charge is 2.28. The van der Waals surface area contributed by atoms with Crippen LogP contribution in [0.3, 0.4) is 0 Å². The van der Waals surface area contributed by atoms with E-state index in [0.717, 1.165) is 0 Å². The molecule has 0 fully saturated rings. The molecular formula is C16H15F2NO2. The van der Waals surface area contributed by atoms with Gasteiger partial charge in [-0.1, -0.05) is 18.2 Å². The molecule has 0 amide bonds. The molecule has 1 aliphatic rings. The fraction of sp³-hybridized carbons (Fsp3) is 0.250. The fourth-order valence-corrected chi connectivity index (χ4v) is 2.34. The zero-order valence-electron chi connectivity index (χ0n) is 11.3.